The summed E-state index contributed by atoms with van der Waals surface area (Å²) in [5, 5.41) is 13.4. The molecule has 0 bridgehead atoms. The summed E-state index contributed by atoms with van der Waals surface area (Å²) in [6, 6.07) is 14.4. The van der Waals surface area contributed by atoms with Crippen LogP contribution in [0.25, 0.3) is 22.4 Å². The standard InChI is InChI=1S/C22H19FN4OS/c1-14-24-12-20(27(14)2)15-5-3-6-17(11-15)25-22(26-28)19-8-4-7-18(21(19)23)16-9-10-29-13-16/h3-13,28H,1-2H3,(H,25,26). The van der Waals surface area contributed by atoms with Crippen molar-refractivity contribution in [2.45, 2.75) is 6.92 Å². The fourth-order valence-corrected chi connectivity index (χ4v) is 3.79. The minimum atomic E-state index is -0.440. The van der Waals surface area contributed by atoms with Crippen molar-refractivity contribution in [1.82, 2.24) is 15.0 Å². The van der Waals surface area contributed by atoms with Crippen LogP contribution in [0, 0.1) is 12.7 Å². The predicted octanol–water partition coefficient (Wildman–Crippen LogP) is 5.32. The number of aryl methyl sites for hydroxylation is 1. The Kier molecular flexibility index (Phi) is 5.24. The fourth-order valence-electron chi connectivity index (χ4n) is 3.14. The van der Waals surface area contributed by atoms with Gasteiger partial charge in [0.05, 0.1) is 23.1 Å². The Balaban J connectivity index is 1.75. The van der Waals surface area contributed by atoms with Gasteiger partial charge in [0.25, 0.3) is 0 Å². The van der Waals surface area contributed by atoms with Crippen LogP contribution in [-0.4, -0.2) is 20.6 Å². The van der Waals surface area contributed by atoms with E-state index in [9.17, 15) is 5.21 Å². The van der Waals surface area contributed by atoms with Gasteiger partial charge in [-0.05, 0) is 47.5 Å². The highest BCUT2D eigenvalue weighted by Gasteiger charge is 2.15. The Morgan fingerprint density at radius 2 is 2.00 bits per heavy atom. The third-order valence-corrected chi connectivity index (χ3v) is 5.48. The quantitative estimate of drug-likeness (QED) is 0.274. The number of halogens is 1. The second-order valence-electron chi connectivity index (χ2n) is 6.55. The van der Waals surface area contributed by atoms with E-state index in [1.165, 1.54) is 11.3 Å². The molecule has 0 aliphatic rings. The first-order chi connectivity index (χ1) is 14.1. The van der Waals surface area contributed by atoms with E-state index in [2.05, 4.69) is 9.98 Å². The van der Waals surface area contributed by atoms with Crippen molar-refractivity contribution in [3.63, 3.8) is 0 Å². The lowest BCUT2D eigenvalue weighted by Gasteiger charge is -2.10. The van der Waals surface area contributed by atoms with E-state index in [0.717, 1.165) is 22.6 Å². The molecule has 0 radical (unpaired) electrons. The number of hydrogen-bond acceptors (Lipinski definition) is 4. The van der Waals surface area contributed by atoms with Gasteiger partial charge in [-0.25, -0.2) is 14.4 Å². The molecule has 0 atom stereocenters. The maximum Gasteiger partial charge on any atom is 0.160 e. The molecular weight excluding hydrogens is 387 g/mol. The van der Waals surface area contributed by atoms with Crippen LogP contribution in [0.5, 0.6) is 0 Å². The molecule has 2 aromatic carbocycles. The first-order valence-corrected chi connectivity index (χ1v) is 9.91. The van der Waals surface area contributed by atoms with Crippen LogP contribution in [0.1, 0.15) is 11.4 Å². The van der Waals surface area contributed by atoms with Crippen LogP contribution in [-0.2, 0) is 7.05 Å². The molecule has 0 unspecified atom stereocenters. The van der Waals surface area contributed by atoms with Gasteiger partial charge in [-0.3, -0.25) is 10.7 Å². The monoisotopic (exact) mass is 406 g/mol. The van der Waals surface area contributed by atoms with Gasteiger partial charge in [0, 0.05) is 18.2 Å². The lowest BCUT2D eigenvalue weighted by Crippen LogP contribution is -2.21. The number of aromatic nitrogens is 2. The predicted molar refractivity (Wildman–Crippen MR) is 114 cm³/mol. The summed E-state index contributed by atoms with van der Waals surface area (Å²) in [7, 11) is 1.94. The molecule has 2 heterocycles. The minimum Gasteiger partial charge on any atom is -0.331 e. The zero-order valence-corrected chi connectivity index (χ0v) is 16.7. The SMILES string of the molecule is Cc1ncc(-c2cccc(N=C(NO)c3cccc(-c4ccsc4)c3F)c2)n1C. The summed E-state index contributed by atoms with van der Waals surface area (Å²) in [6.07, 6.45) is 1.80. The van der Waals surface area contributed by atoms with Crippen molar-refractivity contribution >= 4 is 22.9 Å². The number of nitrogens with zero attached hydrogens (tertiary/aromatic N) is 3. The maximum absolute atomic E-state index is 15.1. The zero-order chi connectivity index (χ0) is 20.4. The molecule has 146 valence electrons. The van der Waals surface area contributed by atoms with Crippen molar-refractivity contribution in [3.8, 4) is 22.4 Å². The van der Waals surface area contributed by atoms with E-state index >= 15 is 4.39 Å². The van der Waals surface area contributed by atoms with Crippen molar-refractivity contribution in [3.05, 3.63) is 82.7 Å². The summed E-state index contributed by atoms with van der Waals surface area (Å²) in [5.74, 6) is 0.501. The molecule has 0 saturated heterocycles. The van der Waals surface area contributed by atoms with E-state index in [4.69, 9.17) is 0 Å². The molecule has 4 aromatic rings. The molecule has 2 N–H and O–H groups in total. The van der Waals surface area contributed by atoms with Crippen molar-refractivity contribution in [2.75, 3.05) is 0 Å². The highest BCUT2D eigenvalue weighted by molar-refractivity contribution is 7.08. The average Bonchev–Trinajstić information content (AvgIpc) is 3.38. The Morgan fingerprint density at radius 1 is 1.17 bits per heavy atom. The lowest BCUT2D eigenvalue weighted by atomic mass is 10.0. The van der Waals surface area contributed by atoms with Crippen molar-refractivity contribution < 1.29 is 9.60 Å². The molecule has 7 heteroatoms. The largest absolute Gasteiger partial charge is 0.331 e. The van der Waals surface area contributed by atoms with Crippen LogP contribution in [0.3, 0.4) is 0 Å². The summed E-state index contributed by atoms with van der Waals surface area (Å²) in [6.45, 7) is 1.93. The Morgan fingerprint density at radius 3 is 2.69 bits per heavy atom. The van der Waals surface area contributed by atoms with Gasteiger partial charge in [-0.15, -0.1) is 0 Å². The normalized spacial score (nSPS) is 11.7. The molecule has 4 rings (SSSR count). The lowest BCUT2D eigenvalue weighted by molar-refractivity contribution is 0.235. The molecule has 0 saturated carbocycles. The number of benzene rings is 2. The topological polar surface area (TPSA) is 62.4 Å². The zero-order valence-electron chi connectivity index (χ0n) is 15.9. The highest BCUT2D eigenvalue weighted by atomic mass is 32.1. The molecule has 0 aliphatic carbocycles. The molecule has 5 nitrogen and oxygen atoms in total. The van der Waals surface area contributed by atoms with E-state index < -0.39 is 5.82 Å². The number of hydroxylamine groups is 1. The first-order valence-electron chi connectivity index (χ1n) is 8.97. The van der Waals surface area contributed by atoms with Gasteiger partial charge in [0.2, 0.25) is 0 Å². The van der Waals surface area contributed by atoms with Crippen LogP contribution >= 0.6 is 11.3 Å². The molecule has 29 heavy (non-hydrogen) atoms. The molecular formula is C22H19FN4OS. The summed E-state index contributed by atoms with van der Waals surface area (Å²) in [5.41, 5.74) is 5.96. The number of imidazole rings is 1. The molecule has 0 aliphatic heterocycles. The first kappa shape index (κ1) is 19.0. The van der Waals surface area contributed by atoms with Gasteiger partial charge in [0.1, 0.15) is 11.6 Å². The van der Waals surface area contributed by atoms with Crippen LogP contribution in [0.15, 0.2) is 70.5 Å². The van der Waals surface area contributed by atoms with E-state index in [-0.39, 0.29) is 11.4 Å². The van der Waals surface area contributed by atoms with Crippen molar-refractivity contribution in [1.29, 1.82) is 0 Å². The fraction of sp³-hybridized carbons (Fsp3) is 0.0909. The van der Waals surface area contributed by atoms with Crippen LogP contribution < -0.4 is 5.48 Å². The van der Waals surface area contributed by atoms with Crippen LogP contribution in [0.4, 0.5) is 10.1 Å². The Bertz CT molecular complexity index is 1180. The third kappa shape index (κ3) is 3.70. The second kappa shape index (κ2) is 7.98. The third-order valence-electron chi connectivity index (χ3n) is 4.80. The Hall–Kier alpha value is -3.29. The number of thiophene rings is 1. The summed E-state index contributed by atoms with van der Waals surface area (Å²) >= 11 is 1.50. The number of hydrogen-bond donors (Lipinski definition) is 2. The molecule has 2 aromatic heterocycles. The second-order valence-corrected chi connectivity index (χ2v) is 7.33. The number of rotatable bonds is 4. The number of amidine groups is 1. The number of nitrogens with one attached hydrogen (secondary N) is 1. The van der Waals surface area contributed by atoms with Gasteiger partial charge in [-0.1, -0.05) is 24.3 Å². The van der Waals surface area contributed by atoms with E-state index in [0.29, 0.717) is 11.3 Å². The van der Waals surface area contributed by atoms with Gasteiger partial charge in [-0.2, -0.15) is 11.3 Å². The van der Waals surface area contributed by atoms with Gasteiger partial charge in [0.15, 0.2) is 5.84 Å². The number of aliphatic imine (C=N–C) groups is 1. The average molecular weight is 406 g/mol. The molecule has 0 spiro atoms. The maximum atomic E-state index is 15.1. The minimum absolute atomic E-state index is 0.0397. The smallest absolute Gasteiger partial charge is 0.160 e. The summed E-state index contributed by atoms with van der Waals surface area (Å²) < 4.78 is 17.1. The van der Waals surface area contributed by atoms with E-state index in [1.54, 1.807) is 30.5 Å². The Labute approximate surface area is 171 Å². The van der Waals surface area contributed by atoms with Gasteiger partial charge < -0.3 is 4.57 Å². The van der Waals surface area contributed by atoms with Gasteiger partial charge >= 0.3 is 0 Å². The highest BCUT2D eigenvalue weighted by Crippen LogP contribution is 2.28. The van der Waals surface area contributed by atoms with E-state index in [1.807, 2.05) is 59.0 Å². The summed E-state index contributed by atoms with van der Waals surface area (Å²) in [4.78, 5) is 8.76. The van der Waals surface area contributed by atoms with Crippen molar-refractivity contribution in [2.24, 2.45) is 12.0 Å². The molecule has 0 fully saturated rings. The molecule has 0 amide bonds. The van der Waals surface area contributed by atoms with Crippen LogP contribution in [0.2, 0.25) is 0 Å².